The molecular formula is C18H34. The third kappa shape index (κ3) is 13.1. The predicted molar refractivity (Wildman–Crippen MR) is 87.7 cm³/mol. The first-order chi connectivity index (χ1) is 8.18. The van der Waals surface area contributed by atoms with Gasteiger partial charge in [0.1, 0.15) is 0 Å². The quantitative estimate of drug-likeness (QED) is 0.352. The van der Waals surface area contributed by atoms with E-state index in [1.165, 1.54) is 12.8 Å². The van der Waals surface area contributed by atoms with Crippen LogP contribution >= 0.6 is 0 Å². The first-order valence-corrected chi connectivity index (χ1v) is 6.76. The molecule has 1 aliphatic rings. The first-order valence-electron chi connectivity index (χ1n) is 6.76. The van der Waals surface area contributed by atoms with Crippen molar-refractivity contribution in [3.63, 3.8) is 0 Å². The second-order valence-corrected chi connectivity index (χ2v) is 5.93. The molecule has 0 spiro atoms. The van der Waals surface area contributed by atoms with Gasteiger partial charge in [0, 0.05) is 0 Å². The van der Waals surface area contributed by atoms with Crippen LogP contribution in [0.25, 0.3) is 0 Å². The van der Waals surface area contributed by atoms with Gasteiger partial charge < -0.3 is 0 Å². The van der Waals surface area contributed by atoms with E-state index in [1.807, 2.05) is 6.92 Å². The molecule has 0 atom stereocenters. The summed E-state index contributed by atoms with van der Waals surface area (Å²) in [7, 11) is 0. The molecule has 0 N–H and O–H groups in total. The summed E-state index contributed by atoms with van der Waals surface area (Å²) in [6, 6.07) is 0. The van der Waals surface area contributed by atoms with Crippen LogP contribution in [-0.2, 0) is 0 Å². The van der Waals surface area contributed by atoms with Gasteiger partial charge in [0.2, 0.25) is 0 Å². The maximum absolute atomic E-state index is 4.00. The summed E-state index contributed by atoms with van der Waals surface area (Å²) in [6.07, 6.45) is 12.4. The van der Waals surface area contributed by atoms with Crippen molar-refractivity contribution in [1.82, 2.24) is 0 Å². The molecule has 0 fully saturated rings. The van der Waals surface area contributed by atoms with Crippen LogP contribution in [0.5, 0.6) is 0 Å². The van der Waals surface area contributed by atoms with Gasteiger partial charge in [-0.2, -0.15) is 0 Å². The fraction of sp³-hybridized carbons (Fsp3) is 0.667. The van der Waals surface area contributed by atoms with Gasteiger partial charge in [-0.1, -0.05) is 51.8 Å². The van der Waals surface area contributed by atoms with Crippen LogP contribution in [0, 0.1) is 24.2 Å². The van der Waals surface area contributed by atoms with E-state index >= 15 is 0 Å². The van der Waals surface area contributed by atoms with Gasteiger partial charge in [-0.25, -0.2) is 0 Å². The molecule has 0 heterocycles. The Labute approximate surface area is 117 Å². The van der Waals surface area contributed by atoms with Crippen molar-refractivity contribution in [3.05, 3.63) is 23.8 Å². The number of allylic oxidation sites excluding steroid dienone is 3. The van der Waals surface area contributed by atoms with E-state index in [-0.39, 0.29) is 0 Å². The molecule has 106 valence electrons. The Hall–Kier alpha value is -0.960. The van der Waals surface area contributed by atoms with Gasteiger partial charge >= 0.3 is 0 Å². The van der Waals surface area contributed by atoms with Crippen molar-refractivity contribution in [2.24, 2.45) is 11.3 Å². The Morgan fingerprint density at radius 3 is 1.50 bits per heavy atom. The molecule has 0 unspecified atom stereocenters. The largest absolute Gasteiger partial charge is 0.124 e. The minimum Gasteiger partial charge on any atom is -0.124 e. The zero-order chi connectivity index (χ0) is 15.4. The summed E-state index contributed by atoms with van der Waals surface area (Å²) in [5.41, 5.74) is 3.73. The van der Waals surface area contributed by atoms with Crippen molar-refractivity contribution in [2.75, 3.05) is 0 Å². The van der Waals surface area contributed by atoms with Crippen LogP contribution in [0.1, 0.15) is 68.2 Å². The summed E-state index contributed by atoms with van der Waals surface area (Å²) < 4.78 is 0. The third-order valence-corrected chi connectivity index (χ3v) is 2.78. The standard InChI is InChI=1S/C9H16.C4H10.C3H6.C2H2/c1-7-5-6-9(3,4)8(7)2;1-4(2)3;1-3-2;1-2/h5-6H2,1-4H3;4H,1-3H3;3H,1H2,2H3;1-2H. The normalized spacial score (nSPS) is 15.5. The van der Waals surface area contributed by atoms with E-state index in [2.05, 4.69) is 67.9 Å². The summed E-state index contributed by atoms with van der Waals surface area (Å²) in [5, 5.41) is 0. The molecule has 0 saturated carbocycles. The minimum absolute atomic E-state index is 0.504. The maximum Gasteiger partial charge on any atom is -0.0142 e. The van der Waals surface area contributed by atoms with Crippen LogP contribution < -0.4 is 0 Å². The second-order valence-electron chi connectivity index (χ2n) is 5.93. The molecule has 1 rings (SSSR count). The lowest BCUT2D eigenvalue weighted by atomic mass is 9.87. The van der Waals surface area contributed by atoms with Crippen molar-refractivity contribution in [3.8, 4) is 12.8 Å². The Morgan fingerprint density at radius 1 is 1.17 bits per heavy atom. The summed E-state index contributed by atoms with van der Waals surface area (Å²) >= 11 is 0. The molecular weight excluding hydrogens is 216 g/mol. The topological polar surface area (TPSA) is 0 Å². The number of terminal acetylenes is 1. The van der Waals surface area contributed by atoms with Crippen molar-refractivity contribution in [2.45, 2.75) is 68.2 Å². The monoisotopic (exact) mass is 250 g/mol. The van der Waals surface area contributed by atoms with E-state index < -0.39 is 0 Å². The van der Waals surface area contributed by atoms with Gasteiger partial charge in [-0.3, -0.25) is 0 Å². The van der Waals surface area contributed by atoms with Crippen LogP contribution in [0.2, 0.25) is 0 Å². The second kappa shape index (κ2) is 12.5. The zero-order valence-electron chi connectivity index (χ0n) is 13.9. The molecule has 0 aromatic carbocycles. The van der Waals surface area contributed by atoms with Gasteiger partial charge in [0.05, 0.1) is 0 Å². The minimum atomic E-state index is 0.504. The smallest absolute Gasteiger partial charge is 0.0142 e. The van der Waals surface area contributed by atoms with Crippen LogP contribution in [0.4, 0.5) is 0 Å². The molecule has 0 amide bonds. The van der Waals surface area contributed by atoms with Crippen LogP contribution in [0.15, 0.2) is 23.8 Å². The molecule has 0 bridgehead atoms. The number of hydrogen-bond acceptors (Lipinski definition) is 0. The molecule has 18 heavy (non-hydrogen) atoms. The fourth-order valence-electron chi connectivity index (χ4n) is 1.45. The van der Waals surface area contributed by atoms with E-state index in [4.69, 9.17) is 0 Å². The molecule has 0 aromatic heterocycles. The van der Waals surface area contributed by atoms with E-state index in [1.54, 1.807) is 17.2 Å². The Kier molecular flexibility index (Phi) is 15.4. The Morgan fingerprint density at radius 2 is 1.44 bits per heavy atom. The van der Waals surface area contributed by atoms with E-state index in [9.17, 15) is 0 Å². The third-order valence-electron chi connectivity index (χ3n) is 2.78. The van der Waals surface area contributed by atoms with E-state index in [0.29, 0.717) is 5.41 Å². The fourth-order valence-corrected chi connectivity index (χ4v) is 1.45. The molecule has 0 heteroatoms. The van der Waals surface area contributed by atoms with Gasteiger partial charge in [0.15, 0.2) is 0 Å². The summed E-state index contributed by atoms with van der Waals surface area (Å²) in [6.45, 7) is 20.9. The SMILES string of the molecule is C#C.C=CC.CC(C)C.CC1=C(C)C(C)(C)CC1. The zero-order valence-corrected chi connectivity index (χ0v) is 13.9. The number of rotatable bonds is 0. The molecule has 1 aliphatic carbocycles. The lowest BCUT2D eigenvalue weighted by Gasteiger charge is -2.18. The lowest BCUT2D eigenvalue weighted by molar-refractivity contribution is 0.443. The van der Waals surface area contributed by atoms with Gasteiger partial charge in [-0.15, -0.1) is 19.4 Å². The maximum atomic E-state index is 4.00. The average Bonchev–Trinajstić information content (AvgIpc) is 2.49. The van der Waals surface area contributed by atoms with Crippen molar-refractivity contribution in [1.29, 1.82) is 0 Å². The van der Waals surface area contributed by atoms with E-state index in [0.717, 1.165) is 5.92 Å². The number of hydrogen-bond donors (Lipinski definition) is 0. The molecule has 0 radical (unpaired) electrons. The first kappa shape index (κ1) is 22.2. The highest BCUT2D eigenvalue weighted by Crippen LogP contribution is 2.41. The lowest BCUT2D eigenvalue weighted by Crippen LogP contribution is -2.06. The van der Waals surface area contributed by atoms with Gasteiger partial charge in [-0.05, 0) is 44.9 Å². The average molecular weight is 250 g/mol. The molecule has 0 nitrogen and oxygen atoms in total. The summed E-state index contributed by atoms with van der Waals surface area (Å²) in [5.74, 6) is 0.833. The highest BCUT2D eigenvalue weighted by atomic mass is 14.3. The molecule has 0 aliphatic heterocycles. The predicted octanol–water partition coefficient (Wildman–Crippen LogP) is 6.25. The highest BCUT2D eigenvalue weighted by Gasteiger charge is 2.26. The molecule has 0 aromatic rings. The Balaban J connectivity index is -0.000000212. The van der Waals surface area contributed by atoms with Crippen molar-refractivity contribution >= 4 is 0 Å². The Bertz CT molecular complexity index is 246. The molecule has 0 saturated heterocycles. The van der Waals surface area contributed by atoms with Crippen LogP contribution in [0.3, 0.4) is 0 Å². The van der Waals surface area contributed by atoms with Gasteiger partial charge in [0.25, 0.3) is 0 Å². The van der Waals surface area contributed by atoms with Crippen molar-refractivity contribution < 1.29 is 0 Å². The van der Waals surface area contributed by atoms with Crippen LogP contribution in [-0.4, -0.2) is 0 Å². The highest BCUT2D eigenvalue weighted by molar-refractivity contribution is 5.22. The summed E-state index contributed by atoms with van der Waals surface area (Å²) in [4.78, 5) is 0.